The number of aromatic nitrogens is 1. The third-order valence-corrected chi connectivity index (χ3v) is 3.66. The van der Waals surface area contributed by atoms with Crippen molar-refractivity contribution < 1.29 is 9.21 Å². The number of carbonyl (C=O) groups excluding carboxylic acids is 1. The average molecular weight is 343 g/mol. The van der Waals surface area contributed by atoms with E-state index in [1.807, 2.05) is 45.0 Å². The van der Waals surface area contributed by atoms with Crippen LogP contribution in [0.3, 0.4) is 0 Å². The van der Waals surface area contributed by atoms with Crippen LogP contribution in [0.2, 0.25) is 5.02 Å². The van der Waals surface area contributed by atoms with Gasteiger partial charge in [0, 0.05) is 22.5 Å². The van der Waals surface area contributed by atoms with E-state index in [0.717, 1.165) is 11.1 Å². The number of oxazole rings is 1. The van der Waals surface area contributed by atoms with Crippen LogP contribution in [0.25, 0.3) is 11.1 Å². The van der Waals surface area contributed by atoms with Crippen molar-refractivity contribution in [2.45, 2.75) is 32.7 Å². The van der Waals surface area contributed by atoms with Crippen LogP contribution in [0, 0.1) is 0 Å². The van der Waals surface area contributed by atoms with Gasteiger partial charge in [-0.05, 0) is 56.7 Å². The van der Waals surface area contributed by atoms with Crippen LogP contribution in [0.4, 0.5) is 0 Å². The second-order valence-corrected chi connectivity index (χ2v) is 7.24. The summed E-state index contributed by atoms with van der Waals surface area (Å²) in [5.41, 5.74) is 2.64. The molecule has 0 atom stereocenters. The molecule has 4 nitrogen and oxygen atoms in total. The minimum absolute atomic E-state index is 0.128. The van der Waals surface area contributed by atoms with Crippen LogP contribution in [-0.2, 0) is 6.42 Å². The first-order valence-corrected chi connectivity index (χ1v) is 8.14. The fourth-order valence-electron chi connectivity index (χ4n) is 2.42. The van der Waals surface area contributed by atoms with Crippen LogP contribution in [0.15, 0.2) is 46.9 Å². The molecule has 0 bridgehead atoms. The van der Waals surface area contributed by atoms with Gasteiger partial charge in [0.05, 0.1) is 0 Å². The Kier molecular flexibility index (Phi) is 4.33. The van der Waals surface area contributed by atoms with E-state index in [2.05, 4.69) is 10.3 Å². The number of amides is 1. The Morgan fingerprint density at radius 3 is 2.71 bits per heavy atom. The summed E-state index contributed by atoms with van der Waals surface area (Å²) in [6.07, 6.45) is 0.554. The van der Waals surface area contributed by atoms with Crippen molar-refractivity contribution in [2.24, 2.45) is 0 Å². The first-order valence-electron chi connectivity index (χ1n) is 7.77. The summed E-state index contributed by atoms with van der Waals surface area (Å²) in [4.78, 5) is 16.7. The van der Waals surface area contributed by atoms with Crippen molar-refractivity contribution in [3.63, 3.8) is 0 Å². The first-order chi connectivity index (χ1) is 11.3. The zero-order valence-electron chi connectivity index (χ0n) is 13.9. The Hall–Kier alpha value is -2.33. The molecule has 0 fully saturated rings. The summed E-state index contributed by atoms with van der Waals surface area (Å²) in [5, 5.41) is 3.62. The SMILES string of the molecule is CC(C)(C)NC(=O)c1ccc2nc(Cc3cccc(Cl)c3)oc2c1. The van der Waals surface area contributed by atoms with Crippen molar-refractivity contribution >= 4 is 28.6 Å². The highest BCUT2D eigenvalue weighted by Crippen LogP contribution is 2.21. The molecular weight excluding hydrogens is 324 g/mol. The molecule has 24 heavy (non-hydrogen) atoms. The van der Waals surface area contributed by atoms with Crippen molar-refractivity contribution in [1.29, 1.82) is 0 Å². The maximum absolute atomic E-state index is 12.3. The van der Waals surface area contributed by atoms with E-state index in [1.165, 1.54) is 0 Å². The van der Waals surface area contributed by atoms with Crippen molar-refractivity contribution in [3.05, 3.63) is 64.5 Å². The van der Waals surface area contributed by atoms with E-state index in [9.17, 15) is 4.79 Å². The van der Waals surface area contributed by atoms with Gasteiger partial charge >= 0.3 is 0 Å². The molecule has 1 amide bonds. The fraction of sp³-hybridized carbons (Fsp3) is 0.263. The van der Waals surface area contributed by atoms with Crippen molar-refractivity contribution in [3.8, 4) is 0 Å². The Morgan fingerprint density at radius 2 is 2.00 bits per heavy atom. The van der Waals surface area contributed by atoms with Crippen molar-refractivity contribution in [1.82, 2.24) is 10.3 Å². The highest BCUT2D eigenvalue weighted by molar-refractivity contribution is 6.30. The maximum Gasteiger partial charge on any atom is 0.251 e. The molecule has 1 N–H and O–H groups in total. The van der Waals surface area contributed by atoms with E-state index in [1.54, 1.807) is 18.2 Å². The molecular formula is C19H19ClN2O2. The normalized spacial score (nSPS) is 11.7. The lowest BCUT2D eigenvalue weighted by Crippen LogP contribution is -2.40. The predicted octanol–water partition coefficient (Wildman–Crippen LogP) is 4.60. The largest absolute Gasteiger partial charge is 0.440 e. The Labute approximate surface area is 145 Å². The summed E-state index contributed by atoms with van der Waals surface area (Å²) >= 11 is 6.00. The molecule has 0 radical (unpaired) electrons. The highest BCUT2D eigenvalue weighted by atomic mass is 35.5. The first kappa shape index (κ1) is 16.5. The van der Waals surface area contributed by atoms with Crippen LogP contribution in [0.1, 0.15) is 42.6 Å². The summed E-state index contributed by atoms with van der Waals surface area (Å²) in [6, 6.07) is 12.9. The smallest absolute Gasteiger partial charge is 0.251 e. The van der Waals surface area contributed by atoms with Gasteiger partial charge in [0.2, 0.25) is 0 Å². The zero-order valence-corrected chi connectivity index (χ0v) is 14.6. The van der Waals surface area contributed by atoms with Crippen molar-refractivity contribution in [2.75, 3.05) is 0 Å². The third kappa shape index (κ3) is 3.95. The number of benzene rings is 2. The molecule has 1 aromatic heterocycles. The molecule has 3 aromatic rings. The Bertz CT molecular complexity index is 894. The third-order valence-electron chi connectivity index (χ3n) is 3.43. The molecule has 0 spiro atoms. The number of nitrogens with zero attached hydrogens (tertiary/aromatic N) is 1. The Balaban J connectivity index is 1.85. The standard InChI is InChI=1S/C19H19ClN2O2/c1-19(2,3)22-18(23)13-7-8-15-16(11-13)24-17(21-15)10-12-5-4-6-14(20)9-12/h4-9,11H,10H2,1-3H3,(H,22,23). The van der Waals surface area contributed by atoms with Gasteiger partial charge in [-0.15, -0.1) is 0 Å². The lowest BCUT2D eigenvalue weighted by molar-refractivity contribution is 0.0919. The van der Waals surface area contributed by atoms with Crippen LogP contribution in [0.5, 0.6) is 0 Å². The predicted molar refractivity (Wildman–Crippen MR) is 95.5 cm³/mol. The molecule has 0 unspecified atom stereocenters. The van der Waals surface area contributed by atoms with Gasteiger partial charge in [-0.1, -0.05) is 23.7 Å². The van der Waals surface area contributed by atoms with Gasteiger partial charge in [0.15, 0.2) is 11.5 Å². The molecule has 0 saturated carbocycles. The molecule has 5 heteroatoms. The van der Waals surface area contributed by atoms with Gasteiger partial charge < -0.3 is 9.73 Å². The summed E-state index contributed by atoms with van der Waals surface area (Å²) in [6.45, 7) is 5.84. The molecule has 3 rings (SSSR count). The van der Waals surface area contributed by atoms with E-state index >= 15 is 0 Å². The number of rotatable bonds is 3. The number of nitrogens with one attached hydrogen (secondary N) is 1. The van der Waals surface area contributed by atoms with Gasteiger partial charge in [0.25, 0.3) is 5.91 Å². The topological polar surface area (TPSA) is 55.1 Å². The number of hydrogen-bond donors (Lipinski definition) is 1. The zero-order chi connectivity index (χ0) is 17.3. The van der Waals surface area contributed by atoms with Crippen LogP contribution < -0.4 is 5.32 Å². The van der Waals surface area contributed by atoms with Gasteiger partial charge in [0.1, 0.15) is 5.52 Å². The second-order valence-electron chi connectivity index (χ2n) is 6.80. The van der Waals surface area contributed by atoms with Crippen LogP contribution in [-0.4, -0.2) is 16.4 Å². The molecule has 124 valence electrons. The quantitative estimate of drug-likeness (QED) is 0.756. The van der Waals surface area contributed by atoms with Crippen LogP contribution >= 0.6 is 11.6 Å². The number of halogens is 1. The lowest BCUT2D eigenvalue weighted by Gasteiger charge is -2.20. The molecule has 0 aliphatic rings. The Morgan fingerprint density at radius 1 is 1.21 bits per heavy atom. The minimum atomic E-state index is -0.287. The number of carbonyl (C=O) groups is 1. The highest BCUT2D eigenvalue weighted by Gasteiger charge is 2.16. The fourth-order valence-corrected chi connectivity index (χ4v) is 2.64. The molecule has 0 aliphatic carbocycles. The van der Waals surface area contributed by atoms with Gasteiger partial charge in [-0.25, -0.2) is 4.98 Å². The maximum atomic E-state index is 12.3. The second kappa shape index (κ2) is 6.29. The minimum Gasteiger partial charge on any atom is -0.440 e. The summed E-state index contributed by atoms with van der Waals surface area (Å²) in [7, 11) is 0. The van der Waals surface area contributed by atoms with E-state index < -0.39 is 0 Å². The number of fused-ring (bicyclic) bond motifs is 1. The van der Waals surface area contributed by atoms with E-state index in [4.69, 9.17) is 16.0 Å². The molecule has 0 aliphatic heterocycles. The lowest BCUT2D eigenvalue weighted by atomic mass is 10.1. The molecule has 0 saturated heterocycles. The molecule has 2 aromatic carbocycles. The average Bonchev–Trinajstić information content (AvgIpc) is 2.86. The van der Waals surface area contributed by atoms with Gasteiger partial charge in [-0.2, -0.15) is 0 Å². The van der Waals surface area contributed by atoms with E-state index in [-0.39, 0.29) is 11.4 Å². The monoisotopic (exact) mass is 342 g/mol. The van der Waals surface area contributed by atoms with E-state index in [0.29, 0.717) is 28.5 Å². The summed E-state index contributed by atoms with van der Waals surface area (Å²) < 4.78 is 5.80. The molecule has 1 heterocycles. The summed E-state index contributed by atoms with van der Waals surface area (Å²) in [5.74, 6) is 0.470. The number of hydrogen-bond acceptors (Lipinski definition) is 3. The van der Waals surface area contributed by atoms with Gasteiger partial charge in [-0.3, -0.25) is 4.79 Å².